The molecule has 2 aromatic carbocycles. The minimum absolute atomic E-state index is 0.101. The molecule has 0 aliphatic carbocycles. The first kappa shape index (κ1) is 15.0. The van der Waals surface area contributed by atoms with Crippen LogP contribution in [0.5, 0.6) is 0 Å². The van der Waals surface area contributed by atoms with Crippen molar-refractivity contribution in [3.8, 4) is 0 Å². The fourth-order valence-electron chi connectivity index (χ4n) is 1.63. The van der Waals surface area contributed by atoms with Crippen LogP contribution in [-0.2, 0) is 10.1 Å². The molecule has 2 rings (SSSR count). The zero-order valence-electron chi connectivity index (χ0n) is 9.88. The second-order valence-electron chi connectivity index (χ2n) is 3.96. The Balaban J connectivity index is 2.49. The Morgan fingerprint density at radius 1 is 1.05 bits per heavy atom. The Morgan fingerprint density at radius 2 is 1.75 bits per heavy atom. The van der Waals surface area contributed by atoms with E-state index >= 15 is 0 Å². The van der Waals surface area contributed by atoms with Gasteiger partial charge in [0.2, 0.25) is 0 Å². The van der Waals surface area contributed by atoms with Crippen molar-refractivity contribution in [3.05, 3.63) is 63.6 Å². The van der Waals surface area contributed by atoms with Gasteiger partial charge in [0.1, 0.15) is 0 Å². The summed E-state index contributed by atoms with van der Waals surface area (Å²) in [5.41, 5.74) is 0.299. The van der Waals surface area contributed by atoms with Gasteiger partial charge in [-0.1, -0.05) is 35.3 Å². The van der Waals surface area contributed by atoms with Crippen molar-refractivity contribution in [3.63, 3.8) is 0 Å². The van der Waals surface area contributed by atoms with E-state index in [0.717, 1.165) is 6.07 Å². The maximum atomic E-state index is 12.3. The maximum Gasteiger partial charge on any atom is 0.294 e. The SMILES string of the molecule is O=C(c1cccc(S(=O)(=O)O)c1)c1ccc(Cl)cc1Cl. The van der Waals surface area contributed by atoms with E-state index in [9.17, 15) is 13.2 Å². The van der Waals surface area contributed by atoms with Gasteiger partial charge in [0.15, 0.2) is 5.78 Å². The number of halogens is 2. The Labute approximate surface area is 125 Å². The summed E-state index contributed by atoms with van der Waals surface area (Å²) in [7, 11) is -4.36. The summed E-state index contributed by atoms with van der Waals surface area (Å²) in [5.74, 6) is -0.461. The highest BCUT2D eigenvalue weighted by molar-refractivity contribution is 7.85. The number of carbonyl (C=O) groups is 1. The van der Waals surface area contributed by atoms with Crippen LogP contribution in [0.25, 0.3) is 0 Å². The van der Waals surface area contributed by atoms with Crippen LogP contribution in [0.4, 0.5) is 0 Å². The van der Waals surface area contributed by atoms with Gasteiger partial charge in [-0.2, -0.15) is 8.42 Å². The Morgan fingerprint density at radius 3 is 2.35 bits per heavy atom. The Hall–Kier alpha value is -1.40. The highest BCUT2D eigenvalue weighted by Crippen LogP contribution is 2.24. The van der Waals surface area contributed by atoms with E-state index in [0.29, 0.717) is 5.02 Å². The Kier molecular flexibility index (Phi) is 4.15. The van der Waals surface area contributed by atoms with E-state index in [1.54, 1.807) is 0 Å². The highest BCUT2D eigenvalue weighted by Gasteiger charge is 2.16. The monoisotopic (exact) mass is 330 g/mol. The molecule has 0 saturated heterocycles. The molecule has 7 heteroatoms. The molecule has 0 fully saturated rings. The number of benzene rings is 2. The second kappa shape index (κ2) is 5.54. The molecule has 1 N–H and O–H groups in total. The highest BCUT2D eigenvalue weighted by atomic mass is 35.5. The quantitative estimate of drug-likeness (QED) is 0.690. The third kappa shape index (κ3) is 3.19. The zero-order chi connectivity index (χ0) is 14.9. The van der Waals surface area contributed by atoms with Crippen LogP contribution in [0.3, 0.4) is 0 Å². The predicted molar refractivity (Wildman–Crippen MR) is 76.2 cm³/mol. The van der Waals surface area contributed by atoms with Crippen molar-refractivity contribution in [2.45, 2.75) is 4.90 Å². The van der Waals surface area contributed by atoms with E-state index in [1.807, 2.05) is 0 Å². The number of hydrogen-bond donors (Lipinski definition) is 1. The summed E-state index contributed by atoms with van der Waals surface area (Å²) >= 11 is 11.7. The van der Waals surface area contributed by atoms with Gasteiger partial charge in [-0.15, -0.1) is 0 Å². The lowest BCUT2D eigenvalue weighted by Gasteiger charge is -2.05. The fourth-order valence-corrected chi connectivity index (χ4v) is 2.65. The molecule has 104 valence electrons. The fraction of sp³-hybridized carbons (Fsp3) is 0. The molecule has 0 aromatic heterocycles. The van der Waals surface area contributed by atoms with Gasteiger partial charge in [-0.25, -0.2) is 0 Å². The van der Waals surface area contributed by atoms with Crippen LogP contribution in [0.15, 0.2) is 47.4 Å². The summed E-state index contributed by atoms with van der Waals surface area (Å²) in [5, 5.41) is 0.554. The van der Waals surface area contributed by atoms with Gasteiger partial charge in [-0.05, 0) is 30.3 Å². The summed E-state index contributed by atoms with van der Waals surface area (Å²) in [6, 6.07) is 9.45. The van der Waals surface area contributed by atoms with E-state index in [1.165, 1.54) is 36.4 Å². The summed E-state index contributed by atoms with van der Waals surface area (Å²) < 4.78 is 31.1. The molecular weight excluding hydrogens is 323 g/mol. The molecule has 0 amide bonds. The summed E-state index contributed by atoms with van der Waals surface area (Å²) in [4.78, 5) is 11.9. The first-order valence-electron chi connectivity index (χ1n) is 5.36. The molecule has 4 nitrogen and oxygen atoms in total. The van der Waals surface area contributed by atoms with Gasteiger partial charge in [0, 0.05) is 16.1 Å². The van der Waals surface area contributed by atoms with Crippen LogP contribution in [-0.4, -0.2) is 18.8 Å². The summed E-state index contributed by atoms with van der Waals surface area (Å²) in [6.45, 7) is 0. The van der Waals surface area contributed by atoms with Crippen LogP contribution in [0, 0.1) is 0 Å². The van der Waals surface area contributed by atoms with Gasteiger partial charge in [0.25, 0.3) is 10.1 Å². The van der Waals surface area contributed by atoms with E-state index in [-0.39, 0.29) is 21.0 Å². The number of ketones is 1. The van der Waals surface area contributed by atoms with Crippen LogP contribution >= 0.6 is 23.2 Å². The first-order chi connectivity index (χ1) is 9.29. The van der Waals surface area contributed by atoms with Gasteiger partial charge < -0.3 is 0 Å². The van der Waals surface area contributed by atoms with Crippen LogP contribution in [0.1, 0.15) is 15.9 Å². The van der Waals surface area contributed by atoms with Crippen molar-refractivity contribution in [1.82, 2.24) is 0 Å². The summed E-state index contributed by atoms with van der Waals surface area (Å²) in [6.07, 6.45) is 0. The molecule has 20 heavy (non-hydrogen) atoms. The minimum atomic E-state index is -4.36. The van der Waals surface area contributed by atoms with Crippen molar-refractivity contribution in [2.75, 3.05) is 0 Å². The van der Waals surface area contributed by atoms with Crippen molar-refractivity contribution < 1.29 is 17.8 Å². The molecular formula is C13H8Cl2O4S. The van der Waals surface area contributed by atoms with Gasteiger partial charge in [0.05, 0.1) is 9.92 Å². The number of hydrogen-bond acceptors (Lipinski definition) is 3. The molecule has 0 spiro atoms. The molecule has 2 aromatic rings. The largest absolute Gasteiger partial charge is 0.294 e. The molecule has 0 radical (unpaired) electrons. The van der Waals surface area contributed by atoms with E-state index in [2.05, 4.69) is 0 Å². The normalized spacial score (nSPS) is 11.3. The third-order valence-electron chi connectivity index (χ3n) is 2.57. The Bertz CT molecular complexity index is 785. The lowest BCUT2D eigenvalue weighted by Crippen LogP contribution is -2.05. The zero-order valence-corrected chi connectivity index (χ0v) is 12.2. The number of carbonyl (C=O) groups excluding carboxylic acids is 1. The molecule has 0 aliphatic heterocycles. The smallest absolute Gasteiger partial charge is 0.289 e. The molecule has 0 heterocycles. The average molecular weight is 331 g/mol. The lowest BCUT2D eigenvalue weighted by atomic mass is 10.0. The molecule has 0 saturated carbocycles. The number of rotatable bonds is 3. The maximum absolute atomic E-state index is 12.3. The van der Waals surface area contributed by atoms with Crippen LogP contribution < -0.4 is 0 Å². The predicted octanol–water partition coefficient (Wildman–Crippen LogP) is 3.47. The van der Waals surface area contributed by atoms with E-state index < -0.39 is 15.9 Å². The average Bonchev–Trinajstić information content (AvgIpc) is 2.37. The van der Waals surface area contributed by atoms with Crippen molar-refractivity contribution >= 4 is 39.1 Å². The molecule has 0 bridgehead atoms. The molecule has 0 atom stereocenters. The minimum Gasteiger partial charge on any atom is -0.289 e. The van der Waals surface area contributed by atoms with Gasteiger partial charge >= 0.3 is 0 Å². The lowest BCUT2D eigenvalue weighted by molar-refractivity contribution is 0.103. The third-order valence-corrected chi connectivity index (χ3v) is 3.97. The molecule has 0 unspecified atom stereocenters. The van der Waals surface area contributed by atoms with Crippen molar-refractivity contribution in [2.24, 2.45) is 0 Å². The van der Waals surface area contributed by atoms with E-state index in [4.69, 9.17) is 27.8 Å². The molecule has 0 aliphatic rings. The first-order valence-corrected chi connectivity index (χ1v) is 7.56. The second-order valence-corrected chi connectivity index (χ2v) is 6.22. The van der Waals surface area contributed by atoms with Crippen molar-refractivity contribution in [1.29, 1.82) is 0 Å². The topological polar surface area (TPSA) is 71.4 Å². The van der Waals surface area contributed by atoms with Crippen LogP contribution in [0.2, 0.25) is 10.0 Å². The van der Waals surface area contributed by atoms with Gasteiger partial charge in [-0.3, -0.25) is 9.35 Å². The standard InChI is InChI=1S/C13H8Cl2O4S/c14-9-4-5-11(12(15)7-9)13(16)8-2-1-3-10(6-8)20(17,18)19/h1-7H,(H,17,18,19).